The lowest BCUT2D eigenvalue weighted by molar-refractivity contribution is -0.147. The van der Waals surface area contributed by atoms with Gasteiger partial charge in [0.05, 0.1) is 5.56 Å². The van der Waals surface area contributed by atoms with Gasteiger partial charge in [0.2, 0.25) is 0 Å². The Morgan fingerprint density at radius 3 is 2.57 bits per heavy atom. The van der Waals surface area contributed by atoms with Crippen LogP contribution < -0.4 is 15.8 Å². The number of hydrogen-bond acceptors (Lipinski definition) is 5. The number of carbonyl (C=O) groups is 3. The van der Waals surface area contributed by atoms with Crippen LogP contribution in [-0.4, -0.2) is 47.3 Å². The molecule has 0 aliphatic heterocycles. The van der Waals surface area contributed by atoms with Crippen molar-refractivity contribution in [3.63, 3.8) is 0 Å². The predicted octanol–water partition coefficient (Wildman–Crippen LogP) is -0.884. The molecule has 5 N–H and O–H groups in total. The van der Waals surface area contributed by atoms with Gasteiger partial charge in [-0.1, -0.05) is 12.1 Å². The molecule has 0 fully saturated rings. The highest BCUT2D eigenvalue weighted by atomic mass is 16.5. The number of carbonyl (C=O) groups excluding carboxylic acids is 2. The average Bonchev–Trinajstić information content (AvgIpc) is 2.45. The molecule has 0 aliphatic rings. The smallest absolute Gasteiger partial charge is 0.332 e. The highest BCUT2D eigenvalue weighted by Crippen LogP contribution is 2.16. The number of rotatable bonds is 8. The van der Waals surface area contributed by atoms with Crippen molar-refractivity contribution < 1.29 is 29.3 Å². The van der Waals surface area contributed by atoms with Gasteiger partial charge in [-0.25, -0.2) is 4.79 Å². The zero-order chi connectivity index (χ0) is 15.8. The van der Waals surface area contributed by atoms with Crippen LogP contribution in [0, 0.1) is 0 Å². The van der Waals surface area contributed by atoms with Crippen molar-refractivity contribution in [2.24, 2.45) is 5.73 Å². The van der Waals surface area contributed by atoms with E-state index in [9.17, 15) is 14.4 Å². The van der Waals surface area contributed by atoms with Crippen molar-refractivity contribution in [3.05, 3.63) is 29.8 Å². The number of ether oxygens (including phenoxy) is 1. The summed E-state index contributed by atoms with van der Waals surface area (Å²) < 4.78 is 5.17. The summed E-state index contributed by atoms with van der Waals surface area (Å²) in [7, 11) is 0. The second-order valence-corrected chi connectivity index (χ2v) is 4.14. The fourth-order valence-corrected chi connectivity index (χ4v) is 1.46. The molecule has 114 valence electrons. The molecule has 1 aromatic carbocycles. The first-order valence-corrected chi connectivity index (χ1v) is 6.11. The summed E-state index contributed by atoms with van der Waals surface area (Å²) in [6, 6.07) is 6.21. The van der Waals surface area contributed by atoms with Gasteiger partial charge in [-0.3, -0.25) is 9.59 Å². The lowest BCUT2D eigenvalue weighted by atomic mass is 10.2. The van der Waals surface area contributed by atoms with Crippen LogP contribution in [0.25, 0.3) is 0 Å². The van der Waals surface area contributed by atoms with Crippen molar-refractivity contribution in [2.45, 2.75) is 12.5 Å². The van der Waals surface area contributed by atoms with E-state index in [0.717, 1.165) is 0 Å². The van der Waals surface area contributed by atoms with Crippen LogP contribution in [0.1, 0.15) is 16.8 Å². The number of aliphatic hydroxyl groups is 1. The minimum Gasteiger partial charge on any atom is -0.483 e. The molecule has 8 heteroatoms. The Morgan fingerprint density at radius 1 is 1.29 bits per heavy atom. The summed E-state index contributed by atoms with van der Waals surface area (Å²) in [6.07, 6.45) is -1.64. The first-order valence-electron chi connectivity index (χ1n) is 6.11. The summed E-state index contributed by atoms with van der Waals surface area (Å²) in [4.78, 5) is 33.0. The van der Waals surface area contributed by atoms with Crippen molar-refractivity contribution in [3.8, 4) is 5.75 Å². The highest BCUT2D eigenvalue weighted by molar-refractivity contribution is 5.95. The normalized spacial score (nSPS) is 11.5. The quantitative estimate of drug-likeness (QED) is 0.491. The molecular formula is C13H16N2O6. The molecular weight excluding hydrogens is 280 g/mol. The molecule has 0 aromatic heterocycles. The molecule has 0 saturated heterocycles. The predicted molar refractivity (Wildman–Crippen MR) is 71.7 cm³/mol. The Balaban J connectivity index is 2.40. The second-order valence-electron chi connectivity index (χ2n) is 4.14. The van der Waals surface area contributed by atoms with E-state index < -0.39 is 23.9 Å². The summed E-state index contributed by atoms with van der Waals surface area (Å²) >= 11 is 0. The van der Waals surface area contributed by atoms with Gasteiger partial charge >= 0.3 is 5.97 Å². The van der Waals surface area contributed by atoms with Crippen LogP contribution in [-0.2, 0) is 9.59 Å². The van der Waals surface area contributed by atoms with E-state index in [2.05, 4.69) is 5.32 Å². The molecule has 0 saturated carbocycles. The van der Waals surface area contributed by atoms with Gasteiger partial charge in [-0.15, -0.1) is 0 Å². The Kier molecular flexibility index (Phi) is 6.15. The number of carboxylic acids is 1. The van der Waals surface area contributed by atoms with E-state index in [4.69, 9.17) is 20.7 Å². The molecule has 1 aromatic rings. The van der Waals surface area contributed by atoms with Crippen molar-refractivity contribution in [2.75, 3.05) is 13.2 Å². The Bertz CT molecular complexity index is 531. The Morgan fingerprint density at radius 2 is 1.95 bits per heavy atom. The van der Waals surface area contributed by atoms with Crippen LogP contribution in [0.3, 0.4) is 0 Å². The first-order chi connectivity index (χ1) is 9.91. The van der Waals surface area contributed by atoms with Gasteiger partial charge in [0.1, 0.15) is 5.75 Å². The number of aliphatic hydroxyl groups excluding tert-OH is 1. The molecule has 0 bridgehead atoms. The van der Waals surface area contributed by atoms with E-state index in [1.54, 1.807) is 12.1 Å². The molecule has 0 radical (unpaired) electrons. The summed E-state index contributed by atoms with van der Waals surface area (Å²) in [5.41, 5.74) is 5.32. The van der Waals surface area contributed by atoms with Gasteiger partial charge in [-0.2, -0.15) is 0 Å². The van der Waals surface area contributed by atoms with Gasteiger partial charge in [0, 0.05) is 13.0 Å². The topological polar surface area (TPSA) is 139 Å². The van der Waals surface area contributed by atoms with E-state index >= 15 is 0 Å². The van der Waals surface area contributed by atoms with E-state index in [-0.39, 0.29) is 30.9 Å². The van der Waals surface area contributed by atoms with Crippen LogP contribution in [0.4, 0.5) is 0 Å². The minimum atomic E-state index is -1.53. The van der Waals surface area contributed by atoms with Gasteiger partial charge in [-0.05, 0) is 12.1 Å². The largest absolute Gasteiger partial charge is 0.483 e. The summed E-state index contributed by atoms with van der Waals surface area (Å²) in [5, 5.41) is 19.8. The molecule has 21 heavy (non-hydrogen) atoms. The summed E-state index contributed by atoms with van der Waals surface area (Å²) in [6.45, 7) is -0.361. The van der Waals surface area contributed by atoms with Crippen molar-refractivity contribution >= 4 is 17.8 Å². The fourth-order valence-electron chi connectivity index (χ4n) is 1.46. The number of carboxylic acid groups (broad SMARTS) is 1. The fraction of sp³-hybridized carbons (Fsp3) is 0.308. The third-order valence-electron chi connectivity index (χ3n) is 2.54. The Hall–Kier alpha value is -2.61. The molecule has 8 nitrogen and oxygen atoms in total. The number of amides is 2. The third kappa shape index (κ3) is 5.49. The van der Waals surface area contributed by atoms with Crippen molar-refractivity contribution in [1.29, 1.82) is 0 Å². The summed E-state index contributed by atoms with van der Waals surface area (Å²) in [5.74, 6) is -2.34. The molecule has 0 heterocycles. The average molecular weight is 296 g/mol. The number of primary amides is 1. The standard InChI is InChI=1S/C13H16N2O6/c14-12(18)8-3-1-2-4-10(8)21-7-11(17)15-6-5-9(16)13(19)20/h1-4,9,16H,5-7H2,(H2,14,18)(H,15,17)(H,19,20). The number of aliphatic carboxylic acids is 1. The molecule has 2 amide bonds. The second kappa shape index (κ2) is 7.85. The SMILES string of the molecule is NC(=O)c1ccccc1OCC(=O)NCCC(O)C(=O)O. The molecule has 1 unspecified atom stereocenters. The number of para-hydroxylation sites is 1. The van der Waals surface area contributed by atoms with Crippen LogP contribution >= 0.6 is 0 Å². The monoisotopic (exact) mass is 296 g/mol. The van der Waals surface area contributed by atoms with E-state index in [1.165, 1.54) is 12.1 Å². The zero-order valence-corrected chi connectivity index (χ0v) is 11.1. The zero-order valence-electron chi connectivity index (χ0n) is 11.1. The maximum Gasteiger partial charge on any atom is 0.332 e. The highest BCUT2D eigenvalue weighted by Gasteiger charge is 2.13. The lowest BCUT2D eigenvalue weighted by Crippen LogP contribution is -2.33. The van der Waals surface area contributed by atoms with Crippen molar-refractivity contribution in [1.82, 2.24) is 5.32 Å². The number of nitrogens with two attached hydrogens (primary N) is 1. The van der Waals surface area contributed by atoms with Crippen LogP contribution in [0.15, 0.2) is 24.3 Å². The van der Waals surface area contributed by atoms with Gasteiger partial charge < -0.3 is 26.0 Å². The third-order valence-corrected chi connectivity index (χ3v) is 2.54. The van der Waals surface area contributed by atoms with Crippen LogP contribution in [0.5, 0.6) is 5.75 Å². The molecule has 0 spiro atoms. The lowest BCUT2D eigenvalue weighted by Gasteiger charge is -2.10. The minimum absolute atomic E-state index is 0.00682. The maximum atomic E-state index is 11.5. The number of hydrogen-bond donors (Lipinski definition) is 4. The number of nitrogens with one attached hydrogen (secondary N) is 1. The number of benzene rings is 1. The van der Waals surface area contributed by atoms with E-state index in [0.29, 0.717) is 0 Å². The Labute approximate surface area is 120 Å². The molecule has 0 aliphatic carbocycles. The maximum absolute atomic E-state index is 11.5. The van der Waals surface area contributed by atoms with Crippen LogP contribution in [0.2, 0.25) is 0 Å². The van der Waals surface area contributed by atoms with Gasteiger partial charge in [0.15, 0.2) is 12.7 Å². The van der Waals surface area contributed by atoms with Gasteiger partial charge in [0.25, 0.3) is 11.8 Å². The molecule has 1 atom stereocenters. The first kappa shape index (κ1) is 16.4. The molecule has 1 rings (SSSR count). The van der Waals surface area contributed by atoms with E-state index in [1.807, 2.05) is 0 Å².